The number of anilines is 1. The number of carbonyl (C=O) groups is 1. The quantitative estimate of drug-likeness (QED) is 0.777. The molecule has 0 saturated heterocycles. The first-order valence-electron chi connectivity index (χ1n) is 7.42. The fraction of sp³-hybridized carbons (Fsp3) is 0.118. The van der Waals surface area contributed by atoms with Gasteiger partial charge in [-0.3, -0.25) is 4.79 Å². The molecule has 2 aromatic carbocycles. The Kier molecular flexibility index (Phi) is 4.24. The Morgan fingerprint density at radius 2 is 1.88 bits per heavy atom. The molecule has 0 aliphatic rings. The van der Waals surface area contributed by atoms with Gasteiger partial charge in [0.05, 0.1) is 10.9 Å². The Hall–Kier alpha value is -3.22. The molecule has 0 saturated carbocycles. The molecule has 24 heavy (non-hydrogen) atoms. The number of urea groups is 1. The molecule has 0 spiro atoms. The summed E-state index contributed by atoms with van der Waals surface area (Å²) in [6.07, 6.45) is 0.469. The van der Waals surface area contributed by atoms with E-state index in [9.17, 15) is 14.0 Å². The molecule has 2 N–H and O–H groups in total. The number of nitrogens with one attached hydrogen (secondary N) is 2. The number of halogens is 1. The second kappa shape index (κ2) is 6.49. The topological polar surface area (TPSA) is 76.0 Å². The van der Waals surface area contributed by atoms with Crippen LogP contribution < -0.4 is 16.3 Å². The minimum absolute atomic E-state index is 0.355. The van der Waals surface area contributed by atoms with Gasteiger partial charge >= 0.3 is 6.03 Å². The van der Waals surface area contributed by atoms with Crippen molar-refractivity contribution in [3.8, 4) is 0 Å². The van der Waals surface area contributed by atoms with E-state index in [4.69, 9.17) is 0 Å². The van der Waals surface area contributed by atoms with Crippen molar-refractivity contribution in [2.75, 3.05) is 10.7 Å². The Balaban J connectivity index is 1.91. The first-order chi connectivity index (χ1) is 11.6. The minimum Gasteiger partial charge on any atom is -0.307 e. The smallest absolute Gasteiger partial charge is 0.307 e. The van der Waals surface area contributed by atoms with Crippen LogP contribution in [0.1, 0.15) is 12.7 Å². The molecule has 0 bridgehead atoms. The molecule has 0 atom stereocenters. The van der Waals surface area contributed by atoms with Crippen LogP contribution in [0.15, 0.2) is 53.3 Å². The van der Waals surface area contributed by atoms with Crippen molar-refractivity contribution >= 4 is 22.6 Å². The molecule has 0 aliphatic carbocycles. The normalized spacial score (nSPS) is 10.6. The second-order valence-corrected chi connectivity index (χ2v) is 5.11. The van der Waals surface area contributed by atoms with Crippen LogP contribution in [0.25, 0.3) is 10.9 Å². The van der Waals surface area contributed by atoms with Crippen LogP contribution >= 0.6 is 0 Å². The van der Waals surface area contributed by atoms with Crippen LogP contribution in [0.5, 0.6) is 0 Å². The zero-order valence-electron chi connectivity index (χ0n) is 12.9. The van der Waals surface area contributed by atoms with Crippen LogP contribution in [0.4, 0.5) is 14.9 Å². The number of para-hydroxylation sites is 1. The van der Waals surface area contributed by atoms with Crippen molar-refractivity contribution in [2.24, 2.45) is 0 Å². The number of hydrogen-bond donors (Lipinski definition) is 2. The maximum atomic E-state index is 12.9. The third kappa shape index (κ3) is 3.10. The van der Waals surface area contributed by atoms with E-state index in [1.54, 1.807) is 24.3 Å². The third-order valence-corrected chi connectivity index (χ3v) is 3.48. The van der Waals surface area contributed by atoms with E-state index >= 15 is 0 Å². The first kappa shape index (κ1) is 15.7. The van der Waals surface area contributed by atoms with E-state index in [1.807, 2.05) is 6.92 Å². The molecule has 122 valence electrons. The van der Waals surface area contributed by atoms with Crippen LogP contribution in [0.2, 0.25) is 0 Å². The Morgan fingerprint density at radius 3 is 2.58 bits per heavy atom. The number of benzene rings is 2. The average Bonchev–Trinajstić information content (AvgIpc) is 2.59. The molecule has 0 fully saturated rings. The van der Waals surface area contributed by atoms with E-state index in [0.29, 0.717) is 28.8 Å². The van der Waals surface area contributed by atoms with Crippen molar-refractivity contribution in [2.45, 2.75) is 13.3 Å². The van der Waals surface area contributed by atoms with E-state index in [0.717, 1.165) is 4.68 Å². The summed E-state index contributed by atoms with van der Waals surface area (Å²) in [4.78, 5) is 29.1. The monoisotopic (exact) mass is 326 g/mol. The molecule has 6 nitrogen and oxygen atoms in total. The first-order valence-corrected chi connectivity index (χ1v) is 7.42. The van der Waals surface area contributed by atoms with Crippen molar-refractivity contribution in [3.05, 3.63) is 70.5 Å². The molecule has 7 heteroatoms. The van der Waals surface area contributed by atoms with Gasteiger partial charge in [-0.05, 0) is 36.4 Å². The van der Waals surface area contributed by atoms with Crippen LogP contribution in [0.3, 0.4) is 0 Å². The van der Waals surface area contributed by atoms with Crippen molar-refractivity contribution < 1.29 is 9.18 Å². The largest absolute Gasteiger partial charge is 0.338 e. The predicted octanol–water partition coefficient (Wildman–Crippen LogP) is 2.87. The summed E-state index contributed by atoms with van der Waals surface area (Å²) in [5.74, 6) is 0.0390. The SMILES string of the molecule is CCc1nc2ccccc2c(=O)n1NC(=O)Nc1ccc(F)cc1. The number of carbonyl (C=O) groups excluding carboxylic acids is 1. The van der Waals surface area contributed by atoms with Crippen LogP contribution in [0, 0.1) is 5.82 Å². The number of aryl methyl sites for hydroxylation is 1. The predicted molar refractivity (Wildman–Crippen MR) is 90.2 cm³/mol. The Morgan fingerprint density at radius 1 is 1.17 bits per heavy atom. The van der Waals surface area contributed by atoms with Crippen molar-refractivity contribution in [3.63, 3.8) is 0 Å². The molecule has 0 unspecified atom stereocenters. The zero-order chi connectivity index (χ0) is 17.1. The zero-order valence-corrected chi connectivity index (χ0v) is 12.9. The highest BCUT2D eigenvalue weighted by Crippen LogP contribution is 2.09. The average molecular weight is 326 g/mol. The maximum absolute atomic E-state index is 12.9. The van der Waals surface area contributed by atoms with Gasteiger partial charge in [-0.2, -0.15) is 0 Å². The van der Waals surface area contributed by atoms with E-state index in [-0.39, 0.29) is 5.56 Å². The van der Waals surface area contributed by atoms with Gasteiger partial charge in [-0.15, -0.1) is 0 Å². The second-order valence-electron chi connectivity index (χ2n) is 5.11. The lowest BCUT2D eigenvalue weighted by atomic mass is 10.2. The minimum atomic E-state index is -0.615. The summed E-state index contributed by atoms with van der Waals surface area (Å²) in [6, 6.07) is 11.6. The van der Waals surface area contributed by atoms with Crippen LogP contribution in [-0.4, -0.2) is 15.7 Å². The molecule has 1 heterocycles. The van der Waals surface area contributed by atoms with Gasteiger partial charge in [0.2, 0.25) is 0 Å². The van der Waals surface area contributed by atoms with Gasteiger partial charge in [0.1, 0.15) is 11.6 Å². The summed E-state index contributed by atoms with van der Waals surface area (Å²) < 4.78 is 14.0. The summed E-state index contributed by atoms with van der Waals surface area (Å²) in [5.41, 5.74) is 3.12. The molecule has 1 aromatic heterocycles. The highest BCUT2D eigenvalue weighted by Gasteiger charge is 2.12. The van der Waals surface area contributed by atoms with Gasteiger partial charge in [0.25, 0.3) is 5.56 Å². The third-order valence-electron chi connectivity index (χ3n) is 3.48. The lowest BCUT2D eigenvalue weighted by molar-refractivity contribution is 0.259. The Bertz CT molecular complexity index is 951. The van der Waals surface area contributed by atoms with Gasteiger partial charge in [0, 0.05) is 12.1 Å². The number of rotatable bonds is 3. The lowest BCUT2D eigenvalue weighted by Gasteiger charge is -2.14. The standard InChI is InChI=1S/C17H15FN4O2/c1-2-15-20-14-6-4-3-5-13(14)16(23)22(15)21-17(24)19-12-9-7-11(18)8-10-12/h3-10H,2H2,1H3,(H2,19,21,24). The number of amides is 2. The summed E-state index contributed by atoms with van der Waals surface area (Å²) in [6.45, 7) is 1.84. The van der Waals surface area contributed by atoms with Crippen molar-refractivity contribution in [1.29, 1.82) is 0 Å². The fourth-order valence-corrected chi connectivity index (χ4v) is 2.32. The molecule has 0 aliphatic heterocycles. The van der Waals surface area contributed by atoms with E-state index in [2.05, 4.69) is 15.7 Å². The number of aromatic nitrogens is 2. The molecule has 0 radical (unpaired) electrons. The fourth-order valence-electron chi connectivity index (χ4n) is 2.32. The van der Waals surface area contributed by atoms with Crippen molar-refractivity contribution in [1.82, 2.24) is 9.66 Å². The molecular formula is C17H15FN4O2. The van der Waals surface area contributed by atoms with E-state index < -0.39 is 11.8 Å². The number of hydrogen-bond acceptors (Lipinski definition) is 3. The number of nitrogens with zero attached hydrogens (tertiary/aromatic N) is 2. The summed E-state index contributed by atoms with van der Waals surface area (Å²) >= 11 is 0. The summed E-state index contributed by atoms with van der Waals surface area (Å²) in [5, 5.41) is 2.95. The van der Waals surface area contributed by atoms with Gasteiger partial charge < -0.3 is 5.32 Å². The molecule has 2 amide bonds. The Labute approximate surface area is 136 Å². The highest BCUT2D eigenvalue weighted by atomic mass is 19.1. The number of fused-ring (bicyclic) bond motifs is 1. The highest BCUT2D eigenvalue weighted by molar-refractivity contribution is 5.95. The summed E-state index contributed by atoms with van der Waals surface area (Å²) in [7, 11) is 0. The van der Waals surface area contributed by atoms with Crippen LogP contribution in [-0.2, 0) is 6.42 Å². The van der Waals surface area contributed by atoms with Gasteiger partial charge in [-0.1, -0.05) is 19.1 Å². The molecular weight excluding hydrogens is 311 g/mol. The van der Waals surface area contributed by atoms with Gasteiger partial charge in [0.15, 0.2) is 0 Å². The van der Waals surface area contributed by atoms with Gasteiger partial charge in [-0.25, -0.2) is 24.3 Å². The van der Waals surface area contributed by atoms with E-state index in [1.165, 1.54) is 24.3 Å². The maximum Gasteiger partial charge on any atom is 0.338 e. The molecule has 3 aromatic rings. The molecule has 3 rings (SSSR count). The lowest BCUT2D eigenvalue weighted by Crippen LogP contribution is -2.38.